The third kappa shape index (κ3) is 3.67. The lowest BCUT2D eigenvalue weighted by Crippen LogP contribution is -2.36. The van der Waals surface area contributed by atoms with Crippen molar-refractivity contribution >= 4 is 16.8 Å². The largest absolute Gasteiger partial charge is 0.361 e. The highest BCUT2D eigenvalue weighted by molar-refractivity contribution is 5.89. The predicted molar refractivity (Wildman–Crippen MR) is 88.3 cm³/mol. The smallest absolute Gasteiger partial charge is 0.227 e. The summed E-state index contributed by atoms with van der Waals surface area (Å²) in [5, 5.41) is 0.798. The first kappa shape index (κ1) is 16.5. The number of halogens is 1. The number of carbonyl (C=O) groups excluding carboxylic acids is 1. The molecule has 0 saturated heterocycles. The van der Waals surface area contributed by atoms with Gasteiger partial charge in [0.1, 0.15) is 5.82 Å². The van der Waals surface area contributed by atoms with E-state index >= 15 is 0 Å². The molecule has 2 rings (SSSR count). The molecule has 1 heterocycles. The molecule has 0 radical (unpaired) electrons. The van der Waals surface area contributed by atoms with E-state index in [1.807, 2.05) is 18.0 Å². The maximum atomic E-state index is 13.4. The number of nitrogens with zero attached hydrogens (tertiary/aromatic N) is 1. The van der Waals surface area contributed by atoms with Gasteiger partial charge < -0.3 is 9.88 Å². The molecule has 0 spiro atoms. The molecule has 0 aliphatic rings. The number of fused-ring (bicyclic) bond motifs is 1. The third-order valence-electron chi connectivity index (χ3n) is 4.44. The number of benzene rings is 1. The Bertz CT molecular complexity index is 631. The summed E-state index contributed by atoms with van der Waals surface area (Å²) in [5.41, 5.74) is 1.73. The quantitative estimate of drug-likeness (QED) is 0.820. The van der Waals surface area contributed by atoms with Gasteiger partial charge in [0.25, 0.3) is 0 Å². The van der Waals surface area contributed by atoms with Gasteiger partial charge in [0, 0.05) is 30.2 Å². The Morgan fingerprint density at radius 1 is 1.27 bits per heavy atom. The number of carbonyl (C=O) groups is 1. The Hall–Kier alpha value is -1.84. The summed E-state index contributed by atoms with van der Waals surface area (Å²) in [4.78, 5) is 17.6. The van der Waals surface area contributed by atoms with Crippen LogP contribution in [0, 0.1) is 11.7 Å². The summed E-state index contributed by atoms with van der Waals surface area (Å²) in [6.07, 6.45) is 4.29. The van der Waals surface area contributed by atoms with Gasteiger partial charge in [-0.15, -0.1) is 0 Å². The van der Waals surface area contributed by atoms with Gasteiger partial charge in [-0.25, -0.2) is 4.39 Å². The van der Waals surface area contributed by atoms with Crippen LogP contribution in [0.5, 0.6) is 0 Å². The molecule has 0 aliphatic carbocycles. The zero-order valence-electron chi connectivity index (χ0n) is 13.7. The van der Waals surface area contributed by atoms with Crippen LogP contribution < -0.4 is 0 Å². The third-order valence-corrected chi connectivity index (χ3v) is 4.44. The Morgan fingerprint density at radius 2 is 2.00 bits per heavy atom. The van der Waals surface area contributed by atoms with E-state index < -0.39 is 0 Å². The first-order chi connectivity index (χ1) is 10.6. The van der Waals surface area contributed by atoms with Gasteiger partial charge in [0.15, 0.2) is 0 Å². The zero-order chi connectivity index (χ0) is 16.1. The van der Waals surface area contributed by atoms with Gasteiger partial charge in [0.05, 0.1) is 6.42 Å². The summed E-state index contributed by atoms with van der Waals surface area (Å²) in [6, 6.07) is 4.63. The maximum absolute atomic E-state index is 13.4. The fourth-order valence-electron chi connectivity index (χ4n) is 2.84. The fourth-order valence-corrected chi connectivity index (χ4v) is 2.84. The Morgan fingerprint density at radius 3 is 2.64 bits per heavy atom. The molecule has 3 nitrogen and oxygen atoms in total. The van der Waals surface area contributed by atoms with E-state index in [9.17, 15) is 9.18 Å². The second kappa shape index (κ2) is 7.43. The monoisotopic (exact) mass is 304 g/mol. The highest BCUT2D eigenvalue weighted by atomic mass is 19.1. The van der Waals surface area contributed by atoms with E-state index in [2.05, 4.69) is 18.8 Å². The van der Waals surface area contributed by atoms with Gasteiger partial charge in [-0.05, 0) is 36.6 Å². The molecule has 2 aromatic rings. The van der Waals surface area contributed by atoms with Crippen LogP contribution in [0.15, 0.2) is 24.4 Å². The van der Waals surface area contributed by atoms with Gasteiger partial charge >= 0.3 is 0 Å². The lowest BCUT2D eigenvalue weighted by Gasteiger charge is -2.25. The van der Waals surface area contributed by atoms with Gasteiger partial charge in [-0.1, -0.05) is 26.7 Å². The molecule has 0 bridgehead atoms. The van der Waals surface area contributed by atoms with Crippen LogP contribution in [0.3, 0.4) is 0 Å². The van der Waals surface area contributed by atoms with Crippen molar-refractivity contribution in [2.75, 3.05) is 13.1 Å². The molecule has 22 heavy (non-hydrogen) atoms. The van der Waals surface area contributed by atoms with Crippen LogP contribution in [-0.4, -0.2) is 28.9 Å². The number of H-pyrrole nitrogens is 1. The van der Waals surface area contributed by atoms with Crippen LogP contribution in [0.4, 0.5) is 4.39 Å². The summed E-state index contributed by atoms with van der Waals surface area (Å²) in [6.45, 7) is 7.85. The molecule has 0 aliphatic heterocycles. The van der Waals surface area contributed by atoms with Gasteiger partial charge in [-0.3, -0.25) is 4.79 Å². The van der Waals surface area contributed by atoms with Crippen LogP contribution in [0.2, 0.25) is 0 Å². The van der Waals surface area contributed by atoms with Crippen molar-refractivity contribution < 1.29 is 9.18 Å². The summed E-state index contributed by atoms with van der Waals surface area (Å²) in [7, 11) is 0. The highest BCUT2D eigenvalue weighted by Crippen LogP contribution is 2.21. The summed E-state index contributed by atoms with van der Waals surface area (Å²) in [5.74, 6) is 0.383. The predicted octanol–water partition coefficient (Wildman–Crippen LogP) is 4.13. The van der Waals surface area contributed by atoms with E-state index in [4.69, 9.17) is 0 Å². The zero-order valence-corrected chi connectivity index (χ0v) is 13.7. The number of aromatic nitrogens is 1. The molecular weight excluding hydrogens is 279 g/mol. The van der Waals surface area contributed by atoms with E-state index in [1.165, 1.54) is 12.1 Å². The summed E-state index contributed by atoms with van der Waals surface area (Å²) >= 11 is 0. The average Bonchev–Trinajstić information content (AvgIpc) is 2.90. The first-order valence-corrected chi connectivity index (χ1v) is 8.12. The molecule has 1 N–H and O–H groups in total. The van der Waals surface area contributed by atoms with E-state index in [0.717, 1.165) is 35.9 Å². The van der Waals surface area contributed by atoms with Crippen molar-refractivity contribution in [2.24, 2.45) is 5.92 Å². The Kier molecular flexibility index (Phi) is 5.58. The molecule has 0 fully saturated rings. The normalized spacial score (nSPS) is 11.3. The second-order valence-corrected chi connectivity index (χ2v) is 5.80. The summed E-state index contributed by atoms with van der Waals surface area (Å²) < 4.78 is 13.4. The van der Waals surface area contributed by atoms with E-state index in [0.29, 0.717) is 18.9 Å². The lowest BCUT2D eigenvalue weighted by atomic mass is 10.0. The van der Waals surface area contributed by atoms with Crippen molar-refractivity contribution in [1.29, 1.82) is 0 Å². The molecule has 1 aromatic carbocycles. The number of rotatable bonds is 7. The minimum atomic E-state index is -0.273. The van der Waals surface area contributed by atoms with Crippen molar-refractivity contribution in [1.82, 2.24) is 9.88 Å². The first-order valence-electron chi connectivity index (χ1n) is 8.12. The van der Waals surface area contributed by atoms with E-state index in [1.54, 1.807) is 6.07 Å². The Labute approximate surface area is 131 Å². The van der Waals surface area contributed by atoms with Crippen LogP contribution in [0.1, 0.15) is 39.2 Å². The van der Waals surface area contributed by atoms with Crippen molar-refractivity contribution in [3.8, 4) is 0 Å². The second-order valence-electron chi connectivity index (χ2n) is 5.80. The SMILES string of the molecule is CCC(CC)CN(CC)C(=O)Cc1c[nH]c2ccc(F)cc12. The number of likely N-dealkylation sites (N-methyl/N-ethyl adjacent to an activating group) is 1. The number of aromatic amines is 1. The number of nitrogens with one attached hydrogen (secondary N) is 1. The van der Waals surface area contributed by atoms with Gasteiger partial charge in [-0.2, -0.15) is 0 Å². The fraction of sp³-hybridized carbons (Fsp3) is 0.500. The van der Waals surface area contributed by atoms with Crippen LogP contribution >= 0.6 is 0 Å². The minimum Gasteiger partial charge on any atom is -0.361 e. The molecular formula is C18H25FN2O. The molecule has 4 heteroatoms. The lowest BCUT2D eigenvalue weighted by molar-refractivity contribution is -0.130. The number of hydrogen-bond acceptors (Lipinski definition) is 1. The standard InChI is InChI=1S/C18H25FN2O/c1-4-13(5-2)12-21(6-3)18(22)9-14-11-20-17-8-7-15(19)10-16(14)17/h7-8,10-11,13,20H,4-6,9,12H2,1-3H3. The van der Waals surface area contributed by atoms with E-state index in [-0.39, 0.29) is 11.7 Å². The van der Waals surface area contributed by atoms with Gasteiger partial charge in [0.2, 0.25) is 5.91 Å². The topological polar surface area (TPSA) is 36.1 Å². The Balaban J connectivity index is 2.13. The van der Waals surface area contributed by atoms with Crippen molar-refractivity contribution in [3.63, 3.8) is 0 Å². The van der Waals surface area contributed by atoms with Crippen LogP contribution in [-0.2, 0) is 11.2 Å². The molecule has 120 valence electrons. The molecule has 1 amide bonds. The molecule has 0 atom stereocenters. The highest BCUT2D eigenvalue weighted by Gasteiger charge is 2.17. The number of amides is 1. The van der Waals surface area contributed by atoms with Crippen molar-refractivity contribution in [2.45, 2.75) is 40.0 Å². The van der Waals surface area contributed by atoms with Crippen molar-refractivity contribution in [3.05, 3.63) is 35.8 Å². The minimum absolute atomic E-state index is 0.111. The molecule has 1 aromatic heterocycles. The molecule has 0 unspecified atom stereocenters. The molecule has 0 saturated carbocycles. The average molecular weight is 304 g/mol. The van der Waals surface area contributed by atoms with Crippen LogP contribution in [0.25, 0.3) is 10.9 Å². The number of hydrogen-bond donors (Lipinski definition) is 1. The maximum Gasteiger partial charge on any atom is 0.227 e.